The molecule has 0 saturated heterocycles. The molecule has 0 amide bonds. The highest BCUT2D eigenvalue weighted by atomic mass is 16.6. The molecule has 14 atom stereocenters. The van der Waals surface area contributed by atoms with Gasteiger partial charge < -0.3 is 28.4 Å². The van der Waals surface area contributed by atoms with Crippen LogP contribution in [-0.4, -0.2) is 69.4 Å². The molecule has 0 aromatic rings. The summed E-state index contributed by atoms with van der Waals surface area (Å²) in [5.74, 6) is 11.9. The van der Waals surface area contributed by atoms with Crippen LogP contribution >= 0.6 is 0 Å². The zero-order valence-corrected chi connectivity index (χ0v) is 76.8. The van der Waals surface area contributed by atoms with E-state index in [9.17, 15) is 28.8 Å². The predicted molar refractivity (Wildman–Crippen MR) is 448 cm³/mol. The van der Waals surface area contributed by atoms with Crippen molar-refractivity contribution in [3.63, 3.8) is 0 Å². The Bertz CT molecular complexity index is 3020. The molecule has 8 bridgehead atoms. The summed E-state index contributed by atoms with van der Waals surface area (Å²) in [7, 11) is 0. The van der Waals surface area contributed by atoms with Gasteiger partial charge in [-0.15, -0.1) is 0 Å². The summed E-state index contributed by atoms with van der Waals surface area (Å²) in [5.41, 5.74) is -3.07. The normalized spacial score (nSPS) is 31.6. The summed E-state index contributed by atoms with van der Waals surface area (Å²) >= 11 is 0. The maximum absolute atomic E-state index is 12.9. The summed E-state index contributed by atoms with van der Waals surface area (Å²) < 4.78 is 36.3. The lowest BCUT2D eigenvalue weighted by Gasteiger charge is -2.49. The summed E-state index contributed by atoms with van der Waals surface area (Å²) in [6.07, 6.45) is 39.9. The van der Waals surface area contributed by atoms with Crippen molar-refractivity contribution in [2.24, 2.45) is 127 Å². The zero-order chi connectivity index (χ0) is 82.6. The molecule has 12 heteroatoms. The summed E-state index contributed by atoms with van der Waals surface area (Å²) in [6.45, 7) is 60.4. The Hall–Kier alpha value is -3.18. The molecule has 14 unspecified atom stereocenters. The highest BCUT2D eigenvalue weighted by Crippen LogP contribution is 2.73. The van der Waals surface area contributed by atoms with Crippen molar-refractivity contribution < 1.29 is 57.2 Å². The molecule has 12 nitrogen and oxygen atoms in total. The Morgan fingerprint density at radius 2 is 0.618 bits per heavy atom. The lowest BCUT2D eigenvalue weighted by Crippen LogP contribution is -2.52. The molecule has 12 aliphatic rings. The molecular formula is C98H172O12. The molecule has 12 rings (SSSR count). The van der Waals surface area contributed by atoms with Gasteiger partial charge in [-0.25, -0.2) is 0 Å². The van der Waals surface area contributed by atoms with Crippen LogP contribution in [0.5, 0.6) is 0 Å². The number of esters is 6. The van der Waals surface area contributed by atoms with E-state index in [0.29, 0.717) is 29.6 Å². The highest BCUT2D eigenvalue weighted by Gasteiger charge is 2.70. The SMILES string of the molecule is CCC(C)(C)C(=O)OC1(C(C)(C)C)CCCC1.CCC(C)(C)C(=O)OC1(C(C)C)CC2CC1C1C3CCC(C3)C21.CCC(C)(C)C(=O)OC1(C(C)C)CCCC1.CCC(C)(C)C(=O)OC1(C(C)C)CCCCC1.CCC(C)(C)C(=O)OC1(CC)CC2CC1C1C3CCC(C3)C21.CCC1(OC(=O)C(C)(C)CC)CCCC1. The Balaban J connectivity index is 0.000000185. The van der Waals surface area contributed by atoms with Crippen molar-refractivity contribution >= 4 is 35.8 Å². The first-order valence-corrected chi connectivity index (χ1v) is 46.4. The molecule has 0 heterocycles. The van der Waals surface area contributed by atoms with E-state index in [2.05, 4.69) is 90.0 Å². The fourth-order valence-electron chi connectivity index (χ4n) is 22.8. The minimum Gasteiger partial charge on any atom is -0.459 e. The molecule has 12 saturated carbocycles. The van der Waals surface area contributed by atoms with Gasteiger partial charge in [0.25, 0.3) is 0 Å². The zero-order valence-electron chi connectivity index (χ0n) is 76.8. The van der Waals surface area contributed by atoms with Crippen molar-refractivity contribution in [2.75, 3.05) is 0 Å². The molecule has 12 aliphatic carbocycles. The van der Waals surface area contributed by atoms with Gasteiger partial charge in [0.1, 0.15) is 33.6 Å². The van der Waals surface area contributed by atoms with Crippen molar-refractivity contribution in [1.29, 1.82) is 0 Å². The number of fused-ring (bicyclic) bond motifs is 18. The van der Waals surface area contributed by atoms with Crippen LogP contribution in [0.3, 0.4) is 0 Å². The maximum Gasteiger partial charge on any atom is 0.312 e. The molecule has 636 valence electrons. The fourth-order valence-corrected chi connectivity index (χ4v) is 22.8. The average Bonchev–Trinajstić information content (AvgIpc) is 1.54. The summed E-state index contributed by atoms with van der Waals surface area (Å²) in [4.78, 5) is 74.3. The van der Waals surface area contributed by atoms with Crippen molar-refractivity contribution in [2.45, 2.75) is 459 Å². The fraction of sp³-hybridized carbons (Fsp3) is 0.939. The standard InChI is InChI=1S/C21H34O2.C20H32O2.2C15H28O2.C14H26O2.C13H24O2/c1-6-20(4,5)19(22)23-21(12(2)3)11-15-10-16(21)18-14-8-7-13(9-14)17(15)18;1-5-19(3,4)18(21)22-20(6-2)11-14-10-15(20)17-13-8-7-12(9-13)16(14)17;1-7-14(5,6)12(16)17-15(13(2,3)4)10-8-9-11-15;1-6-14(4,5)13(16)17-15(12(2)3)10-8-7-9-11-15;1-6-13(4,5)12(15)16-14(11(2)3)9-7-8-10-14;1-5-12(3,4)11(14)15-13(6-2)9-7-8-10-13/h12-18H,6-11H2,1-5H3;12-17H,5-11H2,1-4H3;7-11H2,1-6H3;12H,6-11H2,1-5H3;11H,6-10H2,1-5H3;5-10H2,1-4H3. The van der Waals surface area contributed by atoms with Gasteiger partial charge in [0, 0.05) is 17.3 Å². The van der Waals surface area contributed by atoms with E-state index in [1.165, 1.54) is 109 Å². The van der Waals surface area contributed by atoms with E-state index in [4.69, 9.17) is 28.4 Å². The Labute approximate surface area is 675 Å². The lowest BCUT2D eigenvalue weighted by atomic mass is 9.63. The van der Waals surface area contributed by atoms with E-state index in [0.717, 1.165) is 175 Å². The first kappa shape index (κ1) is 94.0. The molecule has 0 radical (unpaired) electrons. The van der Waals surface area contributed by atoms with Crippen LogP contribution in [0.4, 0.5) is 0 Å². The predicted octanol–water partition coefficient (Wildman–Crippen LogP) is 26.2. The topological polar surface area (TPSA) is 158 Å². The Morgan fingerprint density at radius 1 is 0.309 bits per heavy atom. The van der Waals surface area contributed by atoms with Gasteiger partial charge in [-0.3, -0.25) is 28.8 Å². The minimum atomic E-state index is -0.360. The number of ether oxygens (including phenoxy) is 6. The van der Waals surface area contributed by atoms with E-state index in [1.807, 2.05) is 111 Å². The second kappa shape index (κ2) is 36.4. The maximum atomic E-state index is 12.9. The van der Waals surface area contributed by atoms with Gasteiger partial charge in [-0.1, -0.05) is 124 Å². The van der Waals surface area contributed by atoms with Gasteiger partial charge in [0.2, 0.25) is 0 Å². The van der Waals surface area contributed by atoms with Crippen LogP contribution < -0.4 is 0 Å². The monoisotopic (exact) mass is 1540 g/mol. The van der Waals surface area contributed by atoms with Gasteiger partial charge in [-0.2, -0.15) is 0 Å². The van der Waals surface area contributed by atoms with Crippen LogP contribution in [0.15, 0.2) is 0 Å². The third-order valence-corrected chi connectivity index (χ3v) is 33.9. The van der Waals surface area contributed by atoms with Crippen LogP contribution in [-0.2, 0) is 57.2 Å². The second-order valence-corrected chi connectivity index (χ2v) is 44.3. The van der Waals surface area contributed by atoms with Crippen molar-refractivity contribution in [3.8, 4) is 0 Å². The van der Waals surface area contributed by atoms with Gasteiger partial charge >= 0.3 is 35.8 Å². The van der Waals surface area contributed by atoms with Gasteiger partial charge in [0.05, 0.1) is 32.5 Å². The highest BCUT2D eigenvalue weighted by molar-refractivity contribution is 5.79. The van der Waals surface area contributed by atoms with Crippen LogP contribution in [0.1, 0.15) is 426 Å². The Kier molecular flexibility index (Phi) is 31.1. The van der Waals surface area contributed by atoms with E-state index in [-0.39, 0.29) is 107 Å². The minimum absolute atomic E-state index is 0.0180. The van der Waals surface area contributed by atoms with Crippen molar-refractivity contribution in [1.82, 2.24) is 0 Å². The van der Waals surface area contributed by atoms with Crippen LogP contribution in [0, 0.1) is 127 Å². The van der Waals surface area contributed by atoms with Crippen molar-refractivity contribution in [3.05, 3.63) is 0 Å². The third kappa shape index (κ3) is 19.8. The lowest BCUT2D eigenvalue weighted by molar-refractivity contribution is -0.191. The third-order valence-electron chi connectivity index (χ3n) is 33.9. The van der Waals surface area contributed by atoms with E-state index < -0.39 is 0 Å². The quantitative estimate of drug-likeness (QED) is 0.0542. The van der Waals surface area contributed by atoms with Crippen LogP contribution in [0.25, 0.3) is 0 Å². The smallest absolute Gasteiger partial charge is 0.312 e. The molecule has 0 aliphatic heterocycles. The van der Waals surface area contributed by atoms with E-state index in [1.54, 1.807) is 0 Å². The molecule has 0 aromatic carbocycles. The molecule has 0 spiro atoms. The number of carbonyl (C=O) groups excluding carboxylic acids is 6. The molecule has 110 heavy (non-hydrogen) atoms. The van der Waals surface area contributed by atoms with Gasteiger partial charge in [-0.05, 0) is 378 Å². The first-order valence-electron chi connectivity index (χ1n) is 46.4. The average molecular weight is 1540 g/mol. The number of carbonyl (C=O) groups is 6. The second-order valence-electron chi connectivity index (χ2n) is 44.3. The Morgan fingerprint density at radius 3 is 0.973 bits per heavy atom. The summed E-state index contributed by atoms with van der Waals surface area (Å²) in [6, 6.07) is 0. The number of hydrogen-bond acceptors (Lipinski definition) is 12. The summed E-state index contributed by atoms with van der Waals surface area (Å²) in [5, 5.41) is 0. The molecule has 0 aromatic heterocycles. The van der Waals surface area contributed by atoms with Crippen LogP contribution in [0.2, 0.25) is 0 Å². The van der Waals surface area contributed by atoms with E-state index >= 15 is 0 Å². The first-order chi connectivity index (χ1) is 51.0. The molecule has 0 N–H and O–H groups in total. The largest absolute Gasteiger partial charge is 0.459 e. The molecular weight excluding hydrogens is 1370 g/mol. The van der Waals surface area contributed by atoms with Gasteiger partial charge in [0.15, 0.2) is 0 Å². The molecule has 12 fully saturated rings. The number of rotatable bonds is 23. The number of hydrogen-bond donors (Lipinski definition) is 0.